The highest BCUT2D eigenvalue weighted by atomic mass is 16.2. The average Bonchev–Trinajstić information content (AvgIpc) is 2.40. The second-order valence-electron chi connectivity index (χ2n) is 4.39. The van der Waals surface area contributed by atoms with E-state index in [9.17, 15) is 9.59 Å². The van der Waals surface area contributed by atoms with Crippen LogP contribution in [0, 0.1) is 6.92 Å². The van der Waals surface area contributed by atoms with Gasteiger partial charge in [0.25, 0.3) is 5.91 Å². The van der Waals surface area contributed by atoms with Gasteiger partial charge in [-0.25, -0.2) is 0 Å². The van der Waals surface area contributed by atoms with Gasteiger partial charge >= 0.3 is 0 Å². The van der Waals surface area contributed by atoms with Crippen LogP contribution < -0.4 is 16.4 Å². The summed E-state index contributed by atoms with van der Waals surface area (Å²) >= 11 is 0. The summed E-state index contributed by atoms with van der Waals surface area (Å²) in [5, 5.41) is 5.49. The van der Waals surface area contributed by atoms with Gasteiger partial charge in [-0.3, -0.25) is 9.59 Å². The maximum atomic E-state index is 11.7. The standard InChI is InChI=1S/C14H21N3O2/c1-4-11(15)14(19)17-12-7-6-10(8-9(12)3)13(18)16-5-2/h6-8,11H,4-5,15H2,1-3H3,(H,16,18)(H,17,19). The molecule has 1 aromatic carbocycles. The van der Waals surface area contributed by atoms with E-state index in [4.69, 9.17) is 5.73 Å². The van der Waals surface area contributed by atoms with Crippen LogP contribution in [0.25, 0.3) is 0 Å². The van der Waals surface area contributed by atoms with Crippen molar-refractivity contribution >= 4 is 17.5 Å². The van der Waals surface area contributed by atoms with Crippen LogP contribution in [0.2, 0.25) is 0 Å². The minimum absolute atomic E-state index is 0.117. The third-order valence-electron chi connectivity index (χ3n) is 2.86. The molecule has 0 radical (unpaired) electrons. The maximum absolute atomic E-state index is 11.7. The Labute approximate surface area is 113 Å². The molecule has 4 N–H and O–H groups in total. The van der Waals surface area contributed by atoms with Crippen LogP contribution in [0.15, 0.2) is 18.2 Å². The number of carbonyl (C=O) groups is 2. The van der Waals surface area contributed by atoms with Gasteiger partial charge in [-0.15, -0.1) is 0 Å². The number of carbonyl (C=O) groups excluding carboxylic acids is 2. The SMILES string of the molecule is CCNC(=O)c1ccc(NC(=O)C(N)CC)c(C)c1. The first-order valence-electron chi connectivity index (χ1n) is 6.44. The molecule has 0 aliphatic carbocycles. The molecule has 0 fully saturated rings. The van der Waals surface area contributed by atoms with Gasteiger partial charge in [0.1, 0.15) is 0 Å². The van der Waals surface area contributed by atoms with Crippen LogP contribution in [-0.4, -0.2) is 24.4 Å². The Morgan fingerprint density at radius 3 is 2.53 bits per heavy atom. The summed E-state index contributed by atoms with van der Waals surface area (Å²) in [6, 6.07) is 4.64. The molecular formula is C14H21N3O2. The lowest BCUT2D eigenvalue weighted by molar-refractivity contribution is -0.117. The molecule has 1 aromatic rings. The second kappa shape index (κ2) is 6.89. The molecule has 0 saturated carbocycles. The lowest BCUT2D eigenvalue weighted by Gasteiger charge is -2.13. The number of nitrogens with two attached hydrogens (primary N) is 1. The first-order chi connectivity index (χ1) is 8.99. The molecule has 1 unspecified atom stereocenters. The lowest BCUT2D eigenvalue weighted by atomic mass is 10.1. The van der Waals surface area contributed by atoms with Crippen LogP contribution in [0.5, 0.6) is 0 Å². The van der Waals surface area contributed by atoms with Crippen molar-refractivity contribution in [2.24, 2.45) is 5.73 Å². The fourth-order valence-electron chi connectivity index (χ4n) is 1.62. The molecule has 0 saturated heterocycles. The molecule has 1 atom stereocenters. The van der Waals surface area contributed by atoms with Gasteiger partial charge in [0.2, 0.25) is 5.91 Å². The third kappa shape index (κ3) is 4.06. The van der Waals surface area contributed by atoms with E-state index in [1.165, 1.54) is 0 Å². The fraction of sp³-hybridized carbons (Fsp3) is 0.429. The van der Waals surface area contributed by atoms with Crippen LogP contribution >= 0.6 is 0 Å². The number of benzene rings is 1. The van der Waals surface area contributed by atoms with Crippen molar-refractivity contribution in [1.82, 2.24) is 5.32 Å². The zero-order chi connectivity index (χ0) is 14.4. The summed E-state index contributed by atoms with van der Waals surface area (Å²) in [6.45, 7) is 6.15. The molecule has 0 aliphatic heterocycles. The summed E-state index contributed by atoms with van der Waals surface area (Å²) in [6.07, 6.45) is 0.585. The van der Waals surface area contributed by atoms with E-state index in [-0.39, 0.29) is 11.8 Å². The van der Waals surface area contributed by atoms with E-state index in [2.05, 4.69) is 10.6 Å². The zero-order valence-corrected chi connectivity index (χ0v) is 11.6. The highest BCUT2D eigenvalue weighted by molar-refractivity contribution is 5.97. The Kier molecular flexibility index (Phi) is 5.51. The number of hydrogen-bond acceptors (Lipinski definition) is 3. The van der Waals surface area contributed by atoms with Gasteiger partial charge in [-0.1, -0.05) is 6.92 Å². The summed E-state index contributed by atoms with van der Waals surface area (Å²) in [5.74, 6) is -0.329. The zero-order valence-electron chi connectivity index (χ0n) is 11.6. The first-order valence-corrected chi connectivity index (χ1v) is 6.44. The Morgan fingerprint density at radius 2 is 2.00 bits per heavy atom. The third-order valence-corrected chi connectivity index (χ3v) is 2.86. The van der Waals surface area contributed by atoms with E-state index in [1.54, 1.807) is 18.2 Å². The molecule has 19 heavy (non-hydrogen) atoms. The van der Waals surface area contributed by atoms with Crippen LogP contribution in [0.4, 0.5) is 5.69 Å². The van der Waals surface area contributed by atoms with Gasteiger partial charge in [0, 0.05) is 17.8 Å². The molecule has 5 heteroatoms. The van der Waals surface area contributed by atoms with Gasteiger partial charge in [-0.05, 0) is 44.0 Å². The van der Waals surface area contributed by atoms with E-state index < -0.39 is 6.04 Å². The number of rotatable bonds is 5. The number of anilines is 1. The summed E-state index contributed by atoms with van der Waals surface area (Å²) in [5.41, 5.74) is 7.75. The molecule has 0 heterocycles. The number of aryl methyl sites for hydroxylation is 1. The van der Waals surface area contributed by atoms with Crippen molar-refractivity contribution in [3.05, 3.63) is 29.3 Å². The van der Waals surface area contributed by atoms with Crippen LogP contribution in [0.3, 0.4) is 0 Å². The smallest absolute Gasteiger partial charge is 0.251 e. The minimum Gasteiger partial charge on any atom is -0.352 e. The molecule has 2 amide bonds. The molecule has 104 valence electrons. The van der Waals surface area contributed by atoms with Gasteiger partial charge in [0.15, 0.2) is 0 Å². The molecule has 5 nitrogen and oxygen atoms in total. The summed E-state index contributed by atoms with van der Waals surface area (Å²) in [4.78, 5) is 23.4. The van der Waals surface area contributed by atoms with Crippen LogP contribution in [-0.2, 0) is 4.79 Å². The second-order valence-corrected chi connectivity index (χ2v) is 4.39. The summed E-state index contributed by atoms with van der Waals surface area (Å²) in [7, 11) is 0. The molecule has 0 spiro atoms. The number of nitrogens with one attached hydrogen (secondary N) is 2. The molecule has 1 rings (SSSR count). The van der Waals surface area contributed by atoms with Gasteiger partial charge in [-0.2, -0.15) is 0 Å². The van der Waals surface area contributed by atoms with E-state index in [0.717, 1.165) is 5.56 Å². The molecule has 0 aliphatic rings. The Bertz CT molecular complexity index is 472. The maximum Gasteiger partial charge on any atom is 0.251 e. The van der Waals surface area contributed by atoms with Gasteiger partial charge < -0.3 is 16.4 Å². The van der Waals surface area contributed by atoms with Crippen LogP contribution in [0.1, 0.15) is 36.2 Å². The highest BCUT2D eigenvalue weighted by Crippen LogP contribution is 2.17. The first kappa shape index (κ1) is 15.2. The monoisotopic (exact) mass is 263 g/mol. The predicted molar refractivity (Wildman–Crippen MR) is 76.1 cm³/mol. The Balaban J connectivity index is 2.83. The molecule has 0 aromatic heterocycles. The van der Waals surface area contributed by atoms with E-state index >= 15 is 0 Å². The van der Waals surface area contributed by atoms with Crippen molar-refractivity contribution in [3.8, 4) is 0 Å². The Hall–Kier alpha value is -1.88. The fourth-order valence-corrected chi connectivity index (χ4v) is 1.62. The summed E-state index contributed by atoms with van der Waals surface area (Å²) < 4.78 is 0. The Morgan fingerprint density at radius 1 is 1.32 bits per heavy atom. The van der Waals surface area contributed by atoms with Crippen molar-refractivity contribution in [1.29, 1.82) is 0 Å². The molecule has 0 bridgehead atoms. The average molecular weight is 263 g/mol. The molecular weight excluding hydrogens is 242 g/mol. The predicted octanol–water partition coefficient (Wildman–Crippen LogP) is 1.42. The normalized spacial score (nSPS) is 11.8. The largest absolute Gasteiger partial charge is 0.352 e. The van der Waals surface area contributed by atoms with Crippen molar-refractivity contribution in [2.75, 3.05) is 11.9 Å². The quantitative estimate of drug-likeness (QED) is 0.751. The van der Waals surface area contributed by atoms with E-state index in [0.29, 0.717) is 24.2 Å². The highest BCUT2D eigenvalue weighted by Gasteiger charge is 2.13. The van der Waals surface area contributed by atoms with E-state index in [1.807, 2.05) is 20.8 Å². The topological polar surface area (TPSA) is 84.2 Å². The lowest BCUT2D eigenvalue weighted by Crippen LogP contribution is -2.35. The number of amides is 2. The van der Waals surface area contributed by atoms with Crippen molar-refractivity contribution < 1.29 is 9.59 Å². The van der Waals surface area contributed by atoms with Crippen molar-refractivity contribution in [3.63, 3.8) is 0 Å². The van der Waals surface area contributed by atoms with Crippen molar-refractivity contribution in [2.45, 2.75) is 33.2 Å². The van der Waals surface area contributed by atoms with Gasteiger partial charge in [0.05, 0.1) is 6.04 Å². The minimum atomic E-state index is -0.512. The number of hydrogen-bond donors (Lipinski definition) is 3.